The highest BCUT2D eigenvalue weighted by molar-refractivity contribution is 5.77. The Bertz CT molecular complexity index is 1360. The molecule has 0 saturated heterocycles. The van der Waals surface area contributed by atoms with Crippen molar-refractivity contribution in [2.75, 3.05) is 4.90 Å². The van der Waals surface area contributed by atoms with E-state index >= 15 is 0 Å². The van der Waals surface area contributed by atoms with E-state index in [1.807, 2.05) is 12.1 Å². The fourth-order valence-corrected chi connectivity index (χ4v) is 4.72. The number of allylic oxidation sites excluding steroid dienone is 1. The van der Waals surface area contributed by atoms with Crippen LogP contribution in [-0.2, 0) is 12.8 Å². The van der Waals surface area contributed by atoms with Gasteiger partial charge in [0.25, 0.3) is 0 Å². The van der Waals surface area contributed by atoms with E-state index in [9.17, 15) is 0 Å². The molecule has 1 aliphatic rings. The van der Waals surface area contributed by atoms with Gasteiger partial charge in [0, 0.05) is 22.6 Å². The van der Waals surface area contributed by atoms with E-state index in [1.54, 1.807) is 0 Å². The summed E-state index contributed by atoms with van der Waals surface area (Å²) in [5.74, 6) is 1.80. The third-order valence-corrected chi connectivity index (χ3v) is 6.37. The fourth-order valence-electron chi connectivity index (χ4n) is 4.72. The molecule has 0 fully saturated rings. The molecule has 6 rings (SSSR count). The van der Waals surface area contributed by atoms with E-state index in [4.69, 9.17) is 4.42 Å². The van der Waals surface area contributed by atoms with Crippen LogP contribution in [0, 0.1) is 0 Å². The molecule has 0 bridgehead atoms. The molecule has 1 aromatic heterocycles. The van der Waals surface area contributed by atoms with Crippen molar-refractivity contribution in [1.29, 1.82) is 0 Å². The maximum absolute atomic E-state index is 6.21. The van der Waals surface area contributed by atoms with Crippen molar-refractivity contribution >= 4 is 23.1 Å². The predicted octanol–water partition coefficient (Wildman–Crippen LogP) is 8.60. The van der Waals surface area contributed by atoms with Gasteiger partial charge in [0.05, 0.1) is 0 Å². The maximum atomic E-state index is 6.21. The Labute approximate surface area is 200 Å². The second-order valence-corrected chi connectivity index (χ2v) is 8.68. The Balaban J connectivity index is 1.26. The Morgan fingerprint density at radius 1 is 0.529 bits per heavy atom. The van der Waals surface area contributed by atoms with Gasteiger partial charge in [0.2, 0.25) is 0 Å². The van der Waals surface area contributed by atoms with Gasteiger partial charge in [0.15, 0.2) is 0 Å². The van der Waals surface area contributed by atoms with Crippen molar-refractivity contribution in [3.63, 3.8) is 0 Å². The molecule has 5 aromatic rings. The van der Waals surface area contributed by atoms with E-state index in [2.05, 4.69) is 120 Å². The number of rotatable bonds is 5. The largest absolute Gasteiger partial charge is 0.457 e. The summed E-state index contributed by atoms with van der Waals surface area (Å²) in [6.45, 7) is 0. The molecular formula is C32H25NO. The molecule has 164 valence electrons. The van der Waals surface area contributed by atoms with Crippen LogP contribution in [0.5, 0.6) is 0 Å². The quantitative estimate of drug-likeness (QED) is 0.273. The van der Waals surface area contributed by atoms with E-state index < -0.39 is 0 Å². The SMILES string of the molecule is C(=C1Cc2ccccc2C1)c1ccc(-c2ccc(N(c3ccccc3)c3ccccc3)cc2)o1. The molecule has 0 saturated carbocycles. The van der Waals surface area contributed by atoms with Crippen LogP contribution in [0.2, 0.25) is 0 Å². The van der Waals surface area contributed by atoms with Crippen molar-refractivity contribution in [2.45, 2.75) is 12.8 Å². The summed E-state index contributed by atoms with van der Waals surface area (Å²) in [5, 5.41) is 0. The van der Waals surface area contributed by atoms with Crippen LogP contribution in [-0.4, -0.2) is 0 Å². The number of hydrogen-bond acceptors (Lipinski definition) is 2. The van der Waals surface area contributed by atoms with Gasteiger partial charge in [-0.3, -0.25) is 0 Å². The lowest BCUT2D eigenvalue weighted by atomic mass is 10.1. The van der Waals surface area contributed by atoms with E-state index in [1.165, 1.54) is 16.7 Å². The number of fused-ring (bicyclic) bond motifs is 1. The first-order chi connectivity index (χ1) is 16.8. The van der Waals surface area contributed by atoms with Gasteiger partial charge >= 0.3 is 0 Å². The van der Waals surface area contributed by atoms with E-state index in [0.717, 1.165) is 47.0 Å². The highest BCUT2D eigenvalue weighted by atomic mass is 16.3. The zero-order valence-corrected chi connectivity index (χ0v) is 18.9. The van der Waals surface area contributed by atoms with Crippen LogP contribution in [0.15, 0.2) is 131 Å². The Kier molecular flexibility index (Phi) is 5.33. The molecule has 0 amide bonds. The number of para-hydroxylation sites is 2. The minimum Gasteiger partial charge on any atom is -0.457 e. The van der Waals surface area contributed by atoms with Crippen LogP contribution in [0.1, 0.15) is 16.9 Å². The van der Waals surface area contributed by atoms with Crippen molar-refractivity contribution in [3.05, 3.63) is 144 Å². The molecule has 1 heterocycles. The summed E-state index contributed by atoms with van der Waals surface area (Å²) in [6, 6.07) is 42.3. The summed E-state index contributed by atoms with van der Waals surface area (Å²) in [4.78, 5) is 2.26. The van der Waals surface area contributed by atoms with Gasteiger partial charge in [-0.2, -0.15) is 0 Å². The monoisotopic (exact) mass is 439 g/mol. The maximum Gasteiger partial charge on any atom is 0.134 e. The van der Waals surface area contributed by atoms with Crippen LogP contribution in [0.3, 0.4) is 0 Å². The second-order valence-electron chi connectivity index (χ2n) is 8.68. The van der Waals surface area contributed by atoms with Crippen LogP contribution in [0.25, 0.3) is 17.4 Å². The number of nitrogens with zero attached hydrogens (tertiary/aromatic N) is 1. The average molecular weight is 440 g/mol. The van der Waals surface area contributed by atoms with Crippen LogP contribution >= 0.6 is 0 Å². The van der Waals surface area contributed by atoms with Gasteiger partial charge < -0.3 is 9.32 Å². The molecule has 0 spiro atoms. The summed E-state index contributed by atoms with van der Waals surface area (Å²) in [6.07, 6.45) is 4.22. The Morgan fingerprint density at radius 2 is 1.06 bits per heavy atom. The first-order valence-corrected chi connectivity index (χ1v) is 11.7. The fraction of sp³-hybridized carbons (Fsp3) is 0.0625. The number of benzene rings is 4. The molecule has 0 atom stereocenters. The minimum absolute atomic E-state index is 0.889. The smallest absolute Gasteiger partial charge is 0.134 e. The molecule has 4 aromatic carbocycles. The molecule has 1 aliphatic carbocycles. The van der Waals surface area contributed by atoms with Gasteiger partial charge in [-0.1, -0.05) is 66.2 Å². The van der Waals surface area contributed by atoms with E-state index in [-0.39, 0.29) is 0 Å². The Hall–Kier alpha value is -4.30. The summed E-state index contributed by atoms with van der Waals surface area (Å²) < 4.78 is 6.21. The summed E-state index contributed by atoms with van der Waals surface area (Å²) in [5.41, 5.74) is 8.70. The topological polar surface area (TPSA) is 16.4 Å². The van der Waals surface area contributed by atoms with Gasteiger partial charge in [0.1, 0.15) is 11.5 Å². The first kappa shape index (κ1) is 20.3. The lowest BCUT2D eigenvalue weighted by Crippen LogP contribution is -2.09. The number of hydrogen-bond donors (Lipinski definition) is 0. The van der Waals surface area contributed by atoms with Gasteiger partial charge in [-0.05, 0) is 90.7 Å². The average Bonchev–Trinajstić information content (AvgIpc) is 3.53. The highest BCUT2D eigenvalue weighted by Crippen LogP contribution is 2.36. The standard InChI is InChI=1S/C32H25NO/c1-3-11-28(12-4-1)33(29-13-5-2-6-14-29)30-17-15-25(16-18-30)32-20-19-31(34-32)23-24-21-26-9-7-8-10-27(26)22-24/h1-20,23H,21-22H2. The highest BCUT2D eigenvalue weighted by Gasteiger charge is 2.16. The zero-order chi connectivity index (χ0) is 22.7. The van der Waals surface area contributed by atoms with Crippen LogP contribution in [0.4, 0.5) is 17.1 Å². The second kappa shape index (κ2) is 8.92. The first-order valence-electron chi connectivity index (χ1n) is 11.7. The van der Waals surface area contributed by atoms with Gasteiger partial charge in [-0.25, -0.2) is 0 Å². The molecule has 0 unspecified atom stereocenters. The molecule has 0 radical (unpaired) electrons. The normalized spacial score (nSPS) is 12.4. The number of anilines is 3. The van der Waals surface area contributed by atoms with Crippen LogP contribution < -0.4 is 4.90 Å². The third-order valence-electron chi connectivity index (χ3n) is 6.37. The molecule has 0 N–H and O–H groups in total. The summed E-state index contributed by atoms with van der Waals surface area (Å²) >= 11 is 0. The molecule has 2 heteroatoms. The zero-order valence-electron chi connectivity index (χ0n) is 18.9. The molecule has 34 heavy (non-hydrogen) atoms. The molecule has 2 nitrogen and oxygen atoms in total. The van der Waals surface area contributed by atoms with E-state index in [0.29, 0.717) is 0 Å². The van der Waals surface area contributed by atoms with Crippen molar-refractivity contribution in [3.8, 4) is 11.3 Å². The van der Waals surface area contributed by atoms with Crippen molar-refractivity contribution in [1.82, 2.24) is 0 Å². The lowest BCUT2D eigenvalue weighted by molar-refractivity contribution is 0.571. The third kappa shape index (κ3) is 4.06. The Morgan fingerprint density at radius 3 is 1.65 bits per heavy atom. The number of furan rings is 1. The van der Waals surface area contributed by atoms with Crippen molar-refractivity contribution < 1.29 is 4.42 Å². The summed E-state index contributed by atoms with van der Waals surface area (Å²) in [7, 11) is 0. The lowest BCUT2D eigenvalue weighted by Gasteiger charge is -2.25. The molecule has 0 aliphatic heterocycles. The molecular weight excluding hydrogens is 414 g/mol. The van der Waals surface area contributed by atoms with Crippen molar-refractivity contribution in [2.24, 2.45) is 0 Å². The van der Waals surface area contributed by atoms with Gasteiger partial charge in [-0.15, -0.1) is 0 Å². The minimum atomic E-state index is 0.889. The predicted molar refractivity (Wildman–Crippen MR) is 141 cm³/mol.